The minimum Gasteiger partial charge on any atom is -0.478 e. The monoisotopic (exact) mass is 237 g/mol. The Morgan fingerprint density at radius 3 is 3.00 bits per heavy atom. The average molecular weight is 237 g/mol. The van der Waals surface area contributed by atoms with Crippen molar-refractivity contribution in [2.45, 2.75) is 32.7 Å². The molecular weight excluding hydrogens is 218 g/mol. The Morgan fingerprint density at radius 1 is 1.53 bits per heavy atom. The number of rotatable bonds is 4. The third-order valence-electron chi connectivity index (χ3n) is 2.76. The number of hydrogen-bond acceptors (Lipinski definition) is 5. The lowest BCUT2D eigenvalue weighted by Crippen LogP contribution is -2.35. The Labute approximate surface area is 102 Å². The molecule has 2 heterocycles. The summed E-state index contributed by atoms with van der Waals surface area (Å²) in [5.41, 5.74) is -0.0374. The molecule has 0 radical (unpaired) electrons. The van der Waals surface area contributed by atoms with Crippen LogP contribution < -0.4 is 10.1 Å². The van der Waals surface area contributed by atoms with E-state index in [1.165, 1.54) is 0 Å². The van der Waals surface area contributed by atoms with Crippen molar-refractivity contribution in [2.24, 2.45) is 0 Å². The lowest BCUT2D eigenvalue weighted by molar-refractivity contribution is 0.185. The molecule has 1 aromatic heterocycles. The summed E-state index contributed by atoms with van der Waals surface area (Å²) in [6.07, 6.45) is 0.986. The second kappa shape index (κ2) is 4.87. The van der Waals surface area contributed by atoms with Crippen LogP contribution in [0.4, 0.5) is 5.82 Å². The van der Waals surface area contributed by atoms with Crippen molar-refractivity contribution in [1.82, 2.24) is 9.97 Å². The fourth-order valence-corrected chi connectivity index (χ4v) is 1.90. The Balaban J connectivity index is 2.14. The van der Waals surface area contributed by atoms with Gasteiger partial charge in [0.15, 0.2) is 0 Å². The molecule has 17 heavy (non-hydrogen) atoms. The van der Waals surface area contributed by atoms with E-state index in [2.05, 4.69) is 22.2 Å². The predicted octanol–water partition coefficient (Wildman–Crippen LogP) is 1.77. The van der Waals surface area contributed by atoms with Crippen LogP contribution in [0.2, 0.25) is 0 Å². The molecule has 1 aromatic rings. The van der Waals surface area contributed by atoms with E-state index >= 15 is 0 Å². The van der Waals surface area contributed by atoms with Crippen LogP contribution in [-0.4, -0.2) is 35.3 Å². The number of nitrogens with zero attached hydrogens (tertiary/aromatic N) is 2. The van der Waals surface area contributed by atoms with Gasteiger partial charge in [-0.05, 0) is 27.2 Å². The van der Waals surface area contributed by atoms with E-state index in [1.54, 1.807) is 0 Å². The Kier molecular flexibility index (Phi) is 3.47. The van der Waals surface area contributed by atoms with E-state index in [0.29, 0.717) is 24.9 Å². The summed E-state index contributed by atoms with van der Waals surface area (Å²) in [7, 11) is 0. The zero-order chi connectivity index (χ0) is 12.3. The molecule has 1 N–H and O–H groups in total. The summed E-state index contributed by atoms with van der Waals surface area (Å²) in [5.74, 6) is 2.12. The number of anilines is 1. The summed E-state index contributed by atoms with van der Waals surface area (Å²) in [6, 6.07) is 1.83. The fraction of sp³-hybridized carbons (Fsp3) is 0.667. The largest absolute Gasteiger partial charge is 0.478 e. The Bertz CT molecular complexity index is 389. The molecule has 94 valence electrons. The lowest BCUT2D eigenvalue weighted by atomic mass is 10.0. The molecule has 1 aliphatic rings. The molecule has 1 unspecified atom stereocenters. The molecule has 0 aliphatic carbocycles. The lowest BCUT2D eigenvalue weighted by Gasteiger charge is -2.24. The van der Waals surface area contributed by atoms with Crippen LogP contribution in [0.1, 0.15) is 26.1 Å². The molecular formula is C12H19N3O2. The van der Waals surface area contributed by atoms with Crippen LogP contribution >= 0.6 is 0 Å². The minimum atomic E-state index is -0.0374. The van der Waals surface area contributed by atoms with Crippen molar-refractivity contribution < 1.29 is 9.47 Å². The predicted molar refractivity (Wildman–Crippen MR) is 65.4 cm³/mol. The van der Waals surface area contributed by atoms with Gasteiger partial charge in [-0.1, -0.05) is 0 Å². The fourth-order valence-electron chi connectivity index (χ4n) is 1.90. The van der Waals surface area contributed by atoms with Crippen molar-refractivity contribution in [3.05, 3.63) is 11.9 Å². The van der Waals surface area contributed by atoms with E-state index < -0.39 is 0 Å². The van der Waals surface area contributed by atoms with Gasteiger partial charge in [-0.2, -0.15) is 4.98 Å². The standard InChI is InChI=1S/C12H19N3O2/c1-4-17-11-7-10(13-9(2)14-11)15-12(3)5-6-16-8-12/h7H,4-6,8H2,1-3H3,(H,13,14,15). The number of nitrogens with one attached hydrogen (secondary N) is 1. The first-order valence-electron chi connectivity index (χ1n) is 5.96. The van der Waals surface area contributed by atoms with Crippen molar-refractivity contribution in [3.63, 3.8) is 0 Å². The third kappa shape index (κ3) is 3.06. The minimum absolute atomic E-state index is 0.0374. The summed E-state index contributed by atoms with van der Waals surface area (Å²) >= 11 is 0. The van der Waals surface area contributed by atoms with Crippen LogP contribution in [0.3, 0.4) is 0 Å². The zero-order valence-corrected chi connectivity index (χ0v) is 10.6. The molecule has 0 aromatic carbocycles. The van der Waals surface area contributed by atoms with Gasteiger partial charge in [0.1, 0.15) is 11.6 Å². The van der Waals surface area contributed by atoms with E-state index in [9.17, 15) is 0 Å². The third-order valence-corrected chi connectivity index (χ3v) is 2.76. The molecule has 0 saturated carbocycles. The molecule has 0 spiro atoms. The normalized spacial score (nSPS) is 23.7. The maximum Gasteiger partial charge on any atom is 0.218 e. The van der Waals surface area contributed by atoms with Crippen molar-refractivity contribution >= 4 is 5.82 Å². The van der Waals surface area contributed by atoms with E-state index in [4.69, 9.17) is 9.47 Å². The molecule has 1 aliphatic heterocycles. The molecule has 0 bridgehead atoms. The number of aromatic nitrogens is 2. The molecule has 1 saturated heterocycles. The SMILES string of the molecule is CCOc1cc(NC2(C)CCOC2)nc(C)n1. The van der Waals surface area contributed by atoms with Crippen LogP contribution in [0.25, 0.3) is 0 Å². The molecule has 1 fully saturated rings. The summed E-state index contributed by atoms with van der Waals surface area (Å²) < 4.78 is 10.8. The van der Waals surface area contributed by atoms with Gasteiger partial charge in [0, 0.05) is 12.7 Å². The Morgan fingerprint density at radius 2 is 2.35 bits per heavy atom. The van der Waals surface area contributed by atoms with Crippen molar-refractivity contribution in [1.29, 1.82) is 0 Å². The van der Waals surface area contributed by atoms with Crippen LogP contribution in [0.15, 0.2) is 6.07 Å². The van der Waals surface area contributed by atoms with E-state index in [-0.39, 0.29) is 5.54 Å². The highest BCUT2D eigenvalue weighted by Gasteiger charge is 2.29. The maximum absolute atomic E-state index is 5.40. The average Bonchev–Trinajstić information content (AvgIpc) is 2.64. The summed E-state index contributed by atoms with van der Waals surface area (Å²) in [6.45, 7) is 8.05. The second-order valence-corrected chi connectivity index (χ2v) is 4.56. The highest BCUT2D eigenvalue weighted by molar-refractivity contribution is 5.41. The molecule has 5 heteroatoms. The topological polar surface area (TPSA) is 56.3 Å². The van der Waals surface area contributed by atoms with Gasteiger partial charge in [-0.15, -0.1) is 0 Å². The first-order valence-corrected chi connectivity index (χ1v) is 5.96. The van der Waals surface area contributed by atoms with E-state index in [0.717, 1.165) is 18.8 Å². The zero-order valence-electron chi connectivity index (χ0n) is 10.6. The van der Waals surface area contributed by atoms with Gasteiger partial charge < -0.3 is 14.8 Å². The van der Waals surface area contributed by atoms with Crippen LogP contribution in [0, 0.1) is 6.92 Å². The quantitative estimate of drug-likeness (QED) is 0.865. The smallest absolute Gasteiger partial charge is 0.218 e. The first-order chi connectivity index (χ1) is 8.11. The van der Waals surface area contributed by atoms with Gasteiger partial charge in [-0.3, -0.25) is 0 Å². The second-order valence-electron chi connectivity index (χ2n) is 4.56. The van der Waals surface area contributed by atoms with Crippen molar-refractivity contribution in [3.8, 4) is 5.88 Å². The van der Waals surface area contributed by atoms with Gasteiger partial charge in [0.2, 0.25) is 5.88 Å². The van der Waals surface area contributed by atoms with Gasteiger partial charge in [-0.25, -0.2) is 4.98 Å². The highest BCUT2D eigenvalue weighted by Crippen LogP contribution is 2.24. The number of ether oxygens (including phenoxy) is 2. The Hall–Kier alpha value is -1.36. The van der Waals surface area contributed by atoms with Gasteiger partial charge in [0.25, 0.3) is 0 Å². The molecule has 2 rings (SSSR count). The van der Waals surface area contributed by atoms with Crippen LogP contribution in [0.5, 0.6) is 5.88 Å². The highest BCUT2D eigenvalue weighted by atomic mass is 16.5. The molecule has 1 atom stereocenters. The summed E-state index contributed by atoms with van der Waals surface area (Å²) in [5, 5.41) is 3.40. The summed E-state index contributed by atoms with van der Waals surface area (Å²) in [4.78, 5) is 8.58. The number of aryl methyl sites for hydroxylation is 1. The van der Waals surface area contributed by atoms with Gasteiger partial charge in [0.05, 0.1) is 18.8 Å². The molecule has 5 nitrogen and oxygen atoms in total. The molecule has 0 amide bonds. The van der Waals surface area contributed by atoms with Gasteiger partial charge >= 0.3 is 0 Å². The first kappa shape index (κ1) is 12.1. The van der Waals surface area contributed by atoms with Crippen LogP contribution in [-0.2, 0) is 4.74 Å². The number of hydrogen-bond donors (Lipinski definition) is 1. The maximum atomic E-state index is 5.40. The van der Waals surface area contributed by atoms with E-state index in [1.807, 2.05) is 19.9 Å². The van der Waals surface area contributed by atoms with Crippen molar-refractivity contribution in [2.75, 3.05) is 25.1 Å².